The number of benzene rings is 1. The molecule has 1 saturated heterocycles. The van der Waals surface area contributed by atoms with Gasteiger partial charge < -0.3 is 19.8 Å². The molecule has 1 fully saturated rings. The van der Waals surface area contributed by atoms with Crippen molar-refractivity contribution in [1.29, 1.82) is 0 Å². The highest BCUT2D eigenvalue weighted by atomic mass is 35.5. The fourth-order valence-electron chi connectivity index (χ4n) is 2.30. The Morgan fingerprint density at radius 2 is 1.77 bits per heavy atom. The van der Waals surface area contributed by atoms with E-state index in [2.05, 4.69) is 0 Å². The van der Waals surface area contributed by atoms with Crippen LogP contribution >= 0.6 is 11.6 Å². The van der Waals surface area contributed by atoms with Crippen LogP contribution in [0.3, 0.4) is 0 Å². The first-order chi connectivity index (χ1) is 10.2. The van der Waals surface area contributed by atoms with E-state index < -0.39 is 27.9 Å². The molecule has 0 aromatic heterocycles. The number of aliphatic carboxylic acids is 1. The monoisotopic (exact) mass is 345 g/mol. The van der Waals surface area contributed by atoms with Crippen LogP contribution in [0.1, 0.15) is 23.2 Å². The zero-order chi connectivity index (χ0) is 16.5. The Bertz CT molecular complexity index is 709. The van der Waals surface area contributed by atoms with Crippen molar-refractivity contribution in [2.45, 2.75) is 17.7 Å². The third-order valence-corrected chi connectivity index (χ3v) is 5.95. The Morgan fingerprint density at radius 1 is 1.18 bits per heavy atom. The summed E-state index contributed by atoms with van der Waals surface area (Å²) in [6.45, 7) is 0.0136. The molecule has 0 saturated carbocycles. The minimum absolute atomic E-state index is 0.00680. The van der Waals surface area contributed by atoms with Crippen LogP contribution in [-0.2, 0) is 14.8 Å². The number of sulfonamides is 1. The van der Waals surface area contributed by atoms with Crippen LogP contribution in [0.15, 0.2) is 23.1 Å². The minimum atomic E-state index is -4.00. The third kappa shape index (κ3) is 3.23. The molecule has 1 aromatic carbocycles. The SMILES string of the molecule is O=C([O-])c1ccc(Cl)c(S(=O)(=O)N2CCC(C(=O)[O-])CC2)c1. The molecule has 1 aromatic rings. The van der Waals surface area contributed by atoms with Crippen molar-refractivity contribution in [2.75, 3.05) is 13.1 Å². The molecule has 1 aliphatic heterocycles. The van der Waals surface area contributed by atoms with E-state index in [1.54, 1.807) is 0 Å². The minimum Gasteiger partial charge on any atom is -0.550 e. The van der Waals surface area contributed by atoms with Gasteiger partial charge in [-0.3, -0.25) is 0 Å². The molecule has 0 N–H and O–H groups in total. The van der Waals surface area contributed by atoms with Crippen molar-refractivity contribution in [3.8, 4) is 0 Å². The lowest BCUT2D eigenvalue weighted by Gasteiger charge is -2.31. The zero-order valence-electron chi connectivity index (χ0n) is 11.3. The number of carbonyl (C=O) groups is 2. The van der Waals surface area contributed by atoms with Gasteiger partial charge in [0.1, 0.15) is 4.90 Å². The van der Waals surface area contributed by atoms with Gasteiger partial charge in [-0.15, -0.1) is 0 Å². The first-order valence-corrected chi connectivity index (χ1v) is 8.27. The molecular weight excluding hydrogens is 334 g/mol. The largest absolute Gasteiger partial charge is 0.550 e. The summed E-state index contributed by atoms with van der Waals surface area (Å²) in [7, 11) is -4.00. The van der Waals surface area contributed by atoms with Crippen molar-refractivity contribution in [1.82, 2.24) is 4.31 Å². The molecule has 2 rings (SSSR count). The van der Waals surface area contributed by atoms with E-state index in [-0.39, 0.29) is 41.4 Å². The number of hydrogen-bond acceptors (Lipinski definition) is 6. The Hall–Kier alpha value is -1.64. The lowest BCUT2D eigenvalue weighted by atomic mass is 9.99. The lowest BCUT2D eigenvalue weighted by molar-refractivity contribution is -0.312. The van der Waals surface area contributed by atoms with E-state index in [1.807, 2.05) is 0 Å². The van der Waals surface area contributed by atoms with Crippen LogP contribution < -0.4 is 10.2 Å². The molecule has 9 heteroatoms. The third-order valence-electron chi connectivity index (χ3n) is 3.57. The van der Waals surface area contributed by atoms with Gasteiger partial charge in [0, 0.05) is 25.0 Å². The Kier molecular flexibility index (Phi) is 4.74. The highest BCUT2D eigenvalue weighted by molar-refractivity contribution is 7.89. The molecule has 1 heterocycles. The van der Waals surface area contributed by atoms with Gasteiger partial charge >= 0.3 is 0 Å². The molecule has 120 valence electrons. The van der Waals surface area contributed by atoms with E-state index in [0.717, 1.165) is 16.4 Å². The number of aromatic carboxylic acids is 1. The fraction of sp³-hybridized carbons (Fsp3) is 0.385. The van der Waals surface area contributed by atoms with E-state index in [4.69, 9.17) is 11.6 Å². The molecular formula is C13H12ClNO6S-2. The second-order valence-electron chi connectivity index (χ2n) is 4.93. The smallest absolute Gasteiger partial charge is 0.244 e. The van der Waals surface area contributed by atoms with E-state index in [9.17, 15) is 28.2 Å². The number of piperidine rings is 1. The van der Waals surface area contributed by atoms with Crippen molar-refractivity contribution >= 4 is 33.6 Å². The van der Waals surface area contributed by atoms with Crippen LogP contribution in [-0.4, -0.2) is 37.8 Å². The van der Waals surface area contributed by atoms with Crippen molar-refractivity contribution in [3.63, 3.8) is 0 Å². The summed E-state index contributed by atoms with van der Waals surface area (Å²) >= 11 is 5.86. The summed E-state index contributed by atoms with van der Waals surface area (Å²) in [5.74, 6) is -3.39. The molecule has 0 radical (unpaired) electrons. The summed E-state index contributed by atoms with van der Waals surface area (Å²) in [6.07, 6.45) is 0.277. The average Bonchev–Trinajstić information content (AvgIpc) is 2.47. The van der Waals surface area contributed by atoms with Crippen LogP contribution in [0.5, 0.6) is 0 Å². The van der Waals surface area contributed by atoms with Gasteiger partial charge in [0.05, 0.1) is 11.0 Å². The highest BCUT2D eigenvalue weighted by Gasteiger charge is 2.31. The standard InChI is InChI=1S/C13H14ClNO6S/c14-10-2-1-9(13(18)19)7-11(10)22(20,21)15-5-3-8(4-6-15)12(16)17/h1-2,7-8H,3-6H2,(H,16,17)(H,18,19)/p-2. The first kappa shape index (κ1) is 16.7. The summed E-state index contributed by atoms with van der Waals surface area (Å²) in [5, 5.41) is 21.5. The second kappa shape index (κ2) is 6.23. The van der Waals surface area contributed by atoms with Crippen molar-refractivity contribution < 1.29 is 28.2 Å². The van der Waals surface area contributed by atoms with Gasteiger partial charge in [-0.05, 0) is 30.5 Å². The van der Waals surface area contributed by atoms with Crippen LogP contribution in [0, 0.1) is 5.92 Å². The Balaban J connectivity index is 2.30. The van der Waals surface area contributed by atoms with Gasteiger partial charge in [0.2, 0.25) is 10.0 Å². The van der Waals surface area contributed by atoms with Gasteiger partial charge in [-0.25, -0.2) is 8.42 Å². The summed E-state index contributed by atoms with van der Waals surface area (Å²) in [5.41, 5.74) is -0.299. The number of carbonyl (C=O) groups excluding carboxylic acids is 2. The van der Waals surface area contributed by atoms with Crippen LogP contribution in [0.2, 0.25) is 5.02 Å². The average molecular weight is 346 g/mol. The van der Waals surface area contributed by atoms with E-state index in [1.165, 1.54) is 6.07 Å². The summed E-state index contributed by atoms with van der Waals surface area (Å²) in [6, 6.07) is 3.27. The molecule has 0 aliphatic carbocycles. The van der Waals surface area contributed by atoms with E-state index in [0.29, 0.717) is 0 Å². The van der Waals surface area contributed by atoms with Gasteiger partial charge in [0.25, 0.3) is 0 Å². The zero-order valence-corrected chi connectivity index (χ0v) is 12.9. The quantitative estimate of drug-likeness (QED) is 0.680. The predicted octanol–water partition coefficient (Wildman–Crippen LogP) is -1.15. The summed E-state index contributed by atoms with van der Waals surface area (Å²) < 4.78 is 26.1. The molecule has 0 spiro atoms. The number of carboxylic acids is 2. The second-order valence-corrected chi connectivity index (χ2v) is 7.24. The normalized spacial score (nSPS) is 17.3. The molecule has 1 aliphatic rings. The maximum atomic E-state index is 12.5. The molecule has 0 unspecified atom stereocenters. The van der Waals surface area contributed by atoms with Crippen LogP contribution in [0.4, 0.5) is 0 Å². The Labute approximate surface area is 132 Å². The van der Waals surface area contributed by atoms with Gasteiger partial charge in [-0.2, -0.15) is 4.31 Å². The van der Waals surface area contributed by atoms with Crippen molar-refractivity contribution in [2.24, 2.45) is 5.92 Å². The molecule has 0 amide bonds. The lowest BCUT2D eigenvalue weighted by Crippen LogP contribution is -2.43. The maximum Gasteiger partial charge on any atom is 0.244 e. The fourth-order valence-corrected chi connectivity index (χ4v) is 4.27. The molecule has 0 bridgehead atoms. The first-order valence-electron chi connectivity index (χ1n) is 6.45. The Morgan fingerprint density at radius 3 is 2.27 bits per heavy atom. The van der Waals surface area contributed by atoms with Crippen molar-refractivity contribution in [3.05, 3.63) is 28.8 Å². The maximum absolute atomic E-state index is 12.5. The number of hydrogen-bond donors (Lipinski definition) is 0. The van der Waals surface area contributed by atoms with Crippen LogP contribution in [0.25, 0.3) is 0 Å². The van der Waals surface area contributed by atoms with Gasteiger partial charge in [-0.1, -0.05) is 17.7 Å². The number of halogens is 1. The number of nitrogens with zero attached hydrogens (tertiary/aromatic N) is 1. The molecule has 0 atom stereocenters. The molecule has 22 heavy (non-hydrogen) atoms. The number of carboxylic acid groups (broad SMARTS) is 2. The highest BCUT2D eigenvalue weighted by Crippen LogP contribution is 2.28. The molecule has 7 nitrogen and oxygen atoms in total. The van der Waals surface area contributed by atoms with E-state index >= 15 is 0 Å². The predicted molar refractivity (Wildman–Crippen MR) is 72.3 cm³/mol. The topological polar surface area (TPSA) is 118 Å². The van der Waals surface area contributed by atoms with Gasteiger partial charge in [0.15, 0.2) is 0 Å². The number of rotatable bonds is 4. The summed E-state index contributed by atoms with van der Waals surface area (Å²) in [4.78, 5) is 21.3.